The van der Waals surface area contributed by atoms with Gasteiger partial charge < -0.3 is 9.64 Å². The average Bonchev–Trinajstić information content (AvgIpc) is 2.53. The lowest BCUT2D eigenvalue weighted by Gasteiger charge is -2.29. The third-order valence-electron chi connectivity index (χ3n) is 4.06. The molecule has 1 aromatic carbocycles. The number of carbonyl (C=O) groups excluding carboxylic acids is 1. The zero-order valence-electron chi connectivity index (χ0n) is 14.8. The summed E-state index contributed by atoms with van der Waals surface area (Å²) in [5.41, 5.74) is 4.07. The van der Waals surface area contributed by atoms with E-state index >= 15 is 0 Å². The number of hydrogen-bond donors (Lipinski definition) is 0. The molecule has 0 saturated heterocycles. The van der Waals surface area contributed by atoms with Gasteiger partial charge in [-0.15, -0.1) is 0 Å². The lowest BCUT2D eigenvalue weighted by atomic mass is 9.98. The first-order valence-corrected chi connectivity index (χ1v) is 8.36. The van der Waals surface area contributed by atoms with Crippen LogP contribution >= 0.6 is 0 Å². The van der Waals surface area contributed by atoms with Gasteiger partial charge in [-0.2, -0.15) is 0 Å². The molecule has 0 saturated carbocycles. The Morgan fingerprint density at radius 2 is 2.00 bits per heavy atom. The molecule has 0 unspecified atom stereocenters. The molecule has 0 N–H and O–H groups in total. The van der Waals surface area contributed by atoms with Crippen LogP contribution < -0.4 is 0 Å². The summed E-state index contributed by atoms with van der Waals surface area (Å²) in [6.45, 7) is 8.95. The molecule has 1 aliphatic heterocycles. The third-order valence-corrected chi connectivity index (χ3v) is 4.06. The molecule has 3 rings (SSSR count). The molecular weight excluding hydrogens is 300 g/mol. The normalized spacial score (nSPS) is 15.3. The Balaban J connectivity index is 1.75. The Kier molecular flexibility index (Phi) is 4.31. The molecule has 4 heteroatoms. The lowest BCUT2D eigenvalue weighted by molar-refractivity contribution is 0.0270. The number of aryl methyl sites for hydroxylation is 1. The Bertz CT molecular complexity index is 803. The number of aromatic nitrogens is 1. The standard InChI is InChI=1S/C20H24N2O2/c1-14-5-6-17-13-16(7-8-18(17)21-14)15-9-11-22(12-10-15)19(23)24-20(2,3)4/h5-9,13H,10-12H2,1-4H3. The minimum absolute atomic E-state index is 0.240. The highest BCUT2D eigenvalue weighted by molar-refractivity contribution is 5.84. The van der Waals surface area contributed by atoms with Crippen molar-refractivity contribution in [2.75, 3.05) is 13.1 Å². The van der Waals surface area contributed by atoms with E-state index in [-0.39, 0.29) is 6.09 Å². The average molecular weight is 324 g/mol. The van der Waals surface area contributed by atoms with Gasteiger partial charge >= 0.3 is 6.09 Å². The van der Waals surface area contributed by atoms with E-state index in [0.29, 0.717) is 13.1 Å². The van der Waals surface area contributed by atoms with Gasteiger partial charge in [0.05, 0.1) is 5.52 Å². The van der Waals surface area contributed by atoms with Crippen LogP contribution in [0.5, 0.6) is 0 Å². The van der Waals surface area contributed by atoms with E-state index < -0.39 is 5.60 Å². The minimum atomic E-state index is -0.454. The number of fused-ring (bicyclic) bond motifs is 1. The fourth-order valence-corrected chi connectivity index (χ4v) is 2.85. The van der Waals surface area contributed by atoms with Crippen LogP contribution in [-0.2, 0) is 4.74 Å². The number of hydrogen-bond acceptors (Lipinski definition) is 3. The van der Waals surface area contributed by atoms with Crippen LogP contribution in [0.15, 0.2) is 36.4 Å². The molecule has 1 aliphatic rings. The van der Waals surface area contributed by atoms with Gasteiger partial charge in [-0.1, -0.05) is 18.2 Å². The van der Waals surface area contributed by atoms with Crippen molar-refractivity contribution in [3.05, 3.63) is 47.7 Å². The van der Waals surface area contributed by atoms with Gasteiger partial charge in [0.2, 0.25) is 0 Å². The molecule has 0 bridgehead atoms. The van der Waals surface area contributed by atoms with Gasteiger partial charge in [-0.25, -0.2) is 4.79 Å². The Hall–Kier alpha value is -2.36. The first kappa shape index (κ1) is 16.5. The highest BCUT2D eigenvalue weighted by Gasteiger charge is 2.23. The summed E-state index contributed by atoms with van der Waals surface area (Å²) in [7, 11) is 0. The van der Waals surface area contributed by atoms with E-state index in [2.05, 4.69) is 35.3 Å². The number of rotatable bonds is 1. The fourth-order valence-electron chi connectivity index (χ4n) is 2.85. The summed E-state index contributed by atoms with van der Waals surface area (Å²) in [5.74, 6) is 0. The van der Waals surface area contributed by atoms with Crippen molar-refractivity contribution in [2.45, 2.75) is 39.7 Å². The molecular formula is C20H24N2O2. The number of carbonyl (C=O) groups is 1. The minimum Gasteiger partial charge on any atom is -0.444 e. The van der Waals surface area contributed by atoms with Crippen LogP contribution in [0.4, 0.5) is 4.79 Å². The Morgan fingerprint density at radius 3 is 2.67 bits per heavy atom. The summed E-state index contributed by atoms with van der Waals surface area (Å²) in [6.07, 6.45) is 2.72. The molecule has 1 aromatic heterocycles. The lowest BCUT2D eigenvalue weighted by Crippen LogP contribution is -2.39. The second kappa shape index (κ2) is 6.27. The van der Waals surface area contributed by atoms with Crippen LogP contribution in [0.25, 0.3) is 16.5 Å². The number of benzene rings is 1. The molecule has 2 heterocycles. The zero-order chi connectivity index (χ0) is 17.3. The van der Waals surface area contributed by atoms with Gasteiger partial charge in [-0.3, -0.25) is 4.98 Å². The highest BCUT2D eigenvalue weighted by atomic mass is 16.6. The van der Waals surface area contributed by atoms with E-state index in [4.69, 9.17) is 4.74 Å². The quantitative estimate of drug-likeness (QED) is 0.772. The first-order chi connectivity index (χ1) is 11.3. The second-order valence-electron chi connectivity index (χ2n) is 7.27. The molecule has 1 amide bonds. The molecule has 2 aromatic rings. The molecule has 24 heavy (non-hydrogen) atoms. The van der Waals surface area contributed by atoms with E-state index in [1.165, 1.54) is 11.1 Å². The summed E-state index contributed by atoms with van der Waals surface area (Å²) < 4.78 is 5.44. The van der Waals surface area contributed by atoms with Crippen molar-refractivity contribution in [3.63, 3.8) is 0 Å². The maximum Gasteiger partial charge on any atom is 0.410 e. The van der Waals surface area contributed by atoms with Gasteiger partial charge in [0.15, 0.2) is 0 Å². The largest absolute Gasteiger partial charge is 0.444 e. The van der Waals surface area contributed by atoms with Crippen LogP contribution in [0.2, 0.25) is 0 Å². The van der Waals surface area contributed by atoms with Crippen molar-refractivity contribution < 1.29 is 9.53 Å². The van der Waals surface area contributed by atoms with E-state index in [0.717, 1.165) is 23.0 Å². The topological polar surface area (TPSA) is 42.4 Å². The molecule has 0 atom stereocenters. The maximum absolute atomic E-state index is 12.1. The fraction of sp³-hybridized carbons (Fsp3) is 0.400. The number of pyridine rings is 1. The Morgan fingerprint density at radius 1 is 1.21 bits per heavy atom. The zero-order valence-corrected chi connectivity index (χ0v) is 14.8. The van der Waals surface area contributed by atoms with Crippen LogP contribution in [-0.4, -0.2) is 34.7 Å². The SMILES string of the molecule is Cc1ccc2cc(C3=CCN(C(=O)OC(C)(C)C)CC3)ccc2n1. The van der Waals surface area contributed by atoms with E-state index in [9.17, 15) is 4.79 Å². The van der Waals surface area contributed by atoms with Gasteiger partial charge in [-0.05, 0) is 63.5 Å². The predicted molar refractivity (Wildman–Crippen MR) is 96.9 cm³/mol. The van der Waals surface area contributed by atoms with E-state index in [1.54, 1.807) is 4.90 Å². The van der Waals surface area contributed by atoms with Crippen LogP contribution in [0.3, 0.4) is 0 Å². The van der Waals surface area contributed by atoms with Gasteiger partial charge in [0.1, 0.15) is 5.60 Å². The maximum atomic E-state index is 12.1. The summed E-state index contributed by atoms with van der Waals surface area (Å²) in [5, 5.41) is 1.15. The smallest absolute Gasteiger partial charge is 0.410 e. The third kappa shape index (κ3) is 3.75. The first-order valence-electron chi connectivity index (χ1n) is 8.36. The molecule has 0 spiro atoms. The van der Waals surface area contributed by atoms with Crippen molar-refractivity contribution in [1.82, 2.24) is 9.88 Å². The number of amides is 1. The van der Waals surface area contributed by atoms with Crippen molar-refractivity contribution in [3.8, 4) is 0 Å². The molecule has 0 radical (unpaired) electrons. The summed E-state index contributed by atoms with van der Waals surface area (Å²) in [6, 6.07) is 10.5. The molecule has 126 valence electrons. The monoisotopic (exact) mass is 324 g/mol. The molecule has 0 aliphatic carbocycles. The van der Waals surface area contributed by atoms with Gasteiger partial charge in [0, 0.05) is 24.2 Å². The molecule has 4 nitrogen and oxygen atoms in total. The number of nitrogens with zero attached hydrogens (tertiary/aromatic N) is 2. The second-order valence-corrected chi connectivity index (χ2v) is 7.27. The number of ether oxygens (including phenoxy) is 1. The molecule has 0 fully saturated rings. The Labute approximate surface area is 143 Å². The van der Waals surface area contributed by atoms with Crippen LogP contribution in [0, 0.1) is 6.92 Å². The van der Waals surface area contributed by atoms with Crippen molar-refractivity contribution in [1.29, 1.82) is 0 Å². The van der Waals surface area contributed by atoms with Crippen molar-refractivity contribution >= 4 is 22.6 Å². The highest BCUT2D eigenvalue weighted by Crippen LogP contribution is 2.26. The van der Waals surface area contributed by atoms with Crippen LogP contribution in [0.1, 0.15) is 38.4 Å². The van der Waals surface area contributed by atoms with E-state index in [1.807, 2.05) is 33.8 Å². The van der Waals surface area contributed by atoms with Gasteiger partial charge in [0.25, 0.3) is 0 Å². The summed E-state index contributed by atoms with van der Waals surface area (Å²) >= 11 is 0. The predicted octanol–water partition coefficient (Wildman–Crippen LogP) is 4.57. The van der Waals surface area contributed by atoms with Crippen molar-refractivity contribution in [2.24, 2.45) is 0 Å². The summed E-state index contributed by atoms with van der Waals surface area (Å²) in [4.78, 5) is 18.4.